The number of aromatic nitrogens is 2. The van der Waals surface area contributed by atoms with Crippen molar-refractivity contribution in [1.82, 2.24) is 9.55 Å². The molecule has 2 N–H and O–H groups in total. The molecular weight excluding hydrogens is 314 g/mol. The van der Waals surface area contributed by atoms with Crippen LogP contribution in [-0.4, -0.2) is 9.55 Å². The van der Waals surface area contributed by atoms with Gasteiger partial charge in [-0.3, -0.25) is 0 Å². The van der Waals surface area contributed by atoms with Crippen LogP contribution in [0.4, 0.5) is 0 Å². The molecule has 0 saturated heterocycles. The summed E-state index contributed by atoms with van der Waals surface area (Å²) in [5, 5.41) is 0. The van der Waals surface area contributed by atoms with Gasteiger partial charge < -0.3 is 10.3 Å². The standard InChI is InChI=1S/C16H20BrN3/c1-10-6-12-13(18)7-16(2,3)8-14(12)20(10)15-5-4-11(17)9-19-15/h4-6,9,13H,7-8,18H2,1-3H3. The topological polar surface area (TPSA) is 43.8 Å². The highest BCUT2D eigenvalue weighted by Gasteiger charge is 2.33. The zero-order valence-electron chi connectivity index (χ0n) is 12.2. The number of nitrogens with two attached hydrogens (primary N) is 1. The van der Waals surface area contributed by atoms with Gasteiger partial charge in [-0.25, -0.2) is 4.98 Å². The van der Waals surface area contributed by atoms with Gasteiger partial charge in [0.25, 0.3) is 0 Å². The normalized spacial score (nSPS) is 20.8. The number of rotatable bonds is 1. The van der Waals surface area contributed by atoms with E-state index in [-0.39, 0.29) is 11.5 Å². The molecule has 20 heavy (non-hydrogen) atoms. The maximum atomic E-state index is 6.37. The Bertz CT molecular complexity index is 640. The molecule has 0 fully saturated rings. The van der Waals surface area contributed by atoms with Gasteiger partial charge in [0, 0.05) is 28.1 Å². The van der Waals surface area contributed by atoms with Crippen molar-refractivity contribution in [3.63, 3.8) is 0 Å². The van der Waals surface area contributed by atoms with Crippen molar-refractivity contribution in [2.45, 2.75) is 39.7 Å². The Morgan fingerprint density at radius 1 is 1.40 bits per heavy atom. The molecule has 0 spiro atoms. The van der Waals surface area contributed by atoms with Crippen LogP contribution in [0, 0.1) is 12.3 Å². The van der Waals surface area contributed by atoms with Crippen LogP contribution < -0.4 is 5.73 Å². The number of pyridine rings is 1. The molecule has 0 bridgehead atoms. The van der Waals surface area contributed by atoms with E-state index in [0.717, 1.165) is 23.1 Å². The second-order valence-electron chi connectivity index (χ2n) is 6.51. The number of fused-ring (bicyclic) bond motifs is 1. The minimum atomic E-state index is 0.129. The lowest BCUT2D eigenvalue weighted by atomic mass is 9.74. The first-order valence-corrected chi connectivity index (χ1v) is 7.75. The van der Waals surface area contributed by atoms with Crippen LogP contribution in [0.1, 0.15) is 43.3 Å². The third kappa shape index (κ3) is 2.31. The van der Waals surface area contributed by atoms with Crippen LogP contribution in [-0.2, 0) is 6.42 Å². The molecule has 1 aliphatic carbocycles. The maximum absolute atomic E-state index is 6.37. The second-order valence-corrected chi connectivity index (χ2v) is 7.43. The van der Waals surface area contributed by atoms with Gasteiger partial charge in [-0.2, -0.15) is 0 Å². The van der Waals surface area contributed by atoms with Gasteiger partial charge in [0.2, 0.25) is 0 Å². The van der Waals surface area contributed by atoms with Crippen molar-refractivity contribution in [1.29, 1.82) is 0 Å². The summed E-state index contributed by atoms with van der Waals surface area (Å²) in [4.78, 5) is 4.54. The highest BCUT2D eigenvalue weighted by Crippen LogP contribution is 2.41. The van der Waals surface area contributed by atoms with E-state index in [2.05, 4.69) is 52.3 Å². The molecule has 0 radical (unpaired) electrons. The molecule has 0 aromatic carbocycles. The summed E-state index contributed by atoms with van der Waals surface area (Å²) >= 11 is 3.44. The Labute approximate surface area is 128 Å². The van der Waals surface area contributed by atoms with E-state index < -0.39 is 0 Å². The van der Waals surface area contributed by atoms with Gasteiger partial charge in [-0.1, -0.05) is 13.8 Å². The summed E-state index contributed by atoms with van der Waals surface area (Å²) < 4.78 is 3.25. The number of aryl methyl sites for hydroxylation is 1. The van der Waals surface area contributed by atoms with Gasteiger partial charge in [0.05, 0.1) is 0 Å². The van der Waals surface area contributed by atoms with Crippen molar-refractivity contribution in [3.8, 4) is 5.82 Å². The summed E-state index contributed by atoms with van der Waals surface area (Å²) in [5.74, 6) is 0.969. The van der Waals surface area contributed by atoms with Crippen molar-refractivity contribution in [2.75, 3.05) is 0 Å². The van der Waals surface area contributed by atoms with E-state index in [1.807, 2.05) is 18.3 Å². The molecule has 106 valence electrons. The Hall–Kier alpha value is -1.13. The molecule has 1 atom stereocenters. The first-order valence-electron chi connectivity index (χ1n) is 6.96. The molecule has 0 saturated carbocycles. The summed E-state index contributed by atoms with van der Waals surface area (Å²) in [5.41, 5.74) is 10.4. The molecule has 1 aliphatic rings. The quantitative estimate of drug-likeness (QED) is 0.859. The molecule has 0 aliphatic heterocycles. The van der Waals surface area contributed by atoms with E-state index in [0.29, 0.717) is 0 Å². The SMILES string of the molecule is Cc1cc2c(n1-c1ccc(Br)cn1)CC(C)(C)CC2N. The fourth-order valence-corrected chi connectivity index (χ4v) is 3.50. The van der Waals surface area contributed by atoms with Gasteiger partial charge in [0.1, 0.15) is 5.82 Å². The maximum Gasteiger partial charge on any atom is 0.137 e. The summed E-state index contributed by atoms with van der Waals surface area (Å²) in [7, 11) is 0. The third-order valence-electron chi connectivity index (χ3n) is 4.08. The number of hydrogen-bond acceptors (Lipinski definition) is 2. The molecular formula is C16H20BrN3. The molecule has 2 heterocycles. The zero-order valence-corrected chi connectivity index (χ0v) is 13.7. The summed E-state index contributed by atoms with van der Waals surface area (Å²) in [6.45, 7) is 6.71. The molecule has 1 unspecified atom stereocenters. The van der Waals surface area contributed by atoms with Crippen LogP contribution >= 0.6 is 15.9 Å². The lowest BCUT2D eigenvalue weighted by molar-refractivity contribution is 0.278. The summed E-state index contributed by atoms with van der Waals surface area (Å²) in [6.07, 6.45) is 3.92. The van der Waals surface area contributed by atoms with Gasteiger partial charge >= 0.3 is 0 Å². The van der Waals surface area contributed by atoms with Crippen LogP contribution in [0.5, 0.6) is 0 Å². The molecule has 2 aromatic heterocycles. The van der Waals surface area contributed by atoms with E-state index >= 15 is 0 Å². The monoisotopic (exact) mass is 333 g/mol. The van der Waals surface area contributed by atoms with E-state index in [1.165, 1.54) is 17.0 Å². The van der Waals surface area contributed by atoms with E-state index in [1.54, 1.807) is 0 Å². The average molecular weight is 334 g/mol. The lowest BCUT2D eigenvalue weighted by Crippen LogP contribution is -2.30. The predicted octanol–water partition coefficient (Wildman–Crippen LogP) is 3.92. The van der Waals surface area contributed by atoms with Gasteiger partial charge in [-0.05, 0) is 64.9 Å². The van der Waals surface area contributed by atoms with E-state index in [9.17, 15) is 0 Å². The Balaban J connectivity index is 2.16. The number of halogens is 1. The third-order valence-corrected chi connectivity index (χ3v) is 4.55. The van der Waals surface area contributed by atoms with Crippen molar-refractivity contribution < 1.29 is 0 Å². The summed E-state index contributed by atoms with van der Waals surface area (Å²) in [6, 6.07) is 6.43. The van der Waals surface area contributed by atoms with Crippen LogP contribution in [0.2, 0.25) is 0 Å². The fraction of sp³-hybridized carbons (Fsp3) is 0.438. The Morgan fingerprint density at radius 2 is 2.15 bits per heavy atom. The van der Waals surface area contributed by atoms with Crippen molar-refractivity contribution in [3.05, 3.63) is 45.8 Å². The Kier molecular flexibility index (Phi) is 3.26. The highest BCUT2D eigenvalue weighted by molar-refractivity contribution is 9.10. The predicted molar refractivity (Wildman–Crippen MR) is 85.0 cm³/mol. The minimum absolute atomic E-state index is 0.129. The molecule has 0 amide bonds. The lowest BCUT2D eigenvalue weighted by Gasteiger charge is -2.34. The molecule has 4 heteroatoms. The van der Waals surface area contributed by atoms with Crippen LogP contribution in [0.3, 0.4) is 0 Å². The van der Waals surface area contributed by atoms with Crippen molar-refractivity contribution in [2.24, 2.45) is 11.1 Å². The number of nitrogens with zero attached hydrogens (tertiary/aromatic N) is 2. The highest BCUT2D eigenvalue weighted by atomic mass is 79.9. The Morgan fingerprint density at radius 3 is 2.80 bits per heavy atom. The number of hydrogen-bond donors (Lipinski definition) is 1. The molecule has 3 nitrogen and oxygen atoms in total. The van der Waals surface area contributed by atoms with Crippen molar-refractivity contribution >= 4 is 15.9 Å². The zero-order chi connectivity index (χ0) is 14.5. The largest absolute Gasteiger partial charge is 0.324 e. The average Bonchev–Trinajstić information content (AvgIpc) is 2.66. The van der Waals surface area contributed by atoms with Gasteiger partial charge in [-0.15, -0.1) is 0 Å². The first-order chi connectivity index (χ1) is 9.37. The van der Waals surface area contributed by atoms with Crippen LogP contribution in [0.15, 0.2) is 28.9 Å². The fourth-order valence-electron chi connectivity index (χ4n) is 3.27. The second kappa shape index (κ2) is 4.71. The van der Waals surface area contributed by atoms with Gasteiger partial charge in [0.15, 0.2) is 0 Å². The smallest absolute Gasteiger partial charge is 0.137 e. The minimum Gasteiger partial charge on any atom is -0.324 e. The molecule has 3 rings (SSSR count). The first kappa shape index (κ1) is 13.8. The molecule has 2 aromatic rings. The van der Waals surface area contributed by atoms with Crippen LogP contribution in [0.25, 0.3) is 5.82 Å². The van der Waals surface area contributed by atoms with E-state index in [4.69, 9.17) is 5.73 Å².